The highest BCUT2D eigenvalue weighted by Crippen LogP contribution is 2.38. The van der Waals surface area contributed by atoms with Gasteiger partial charge in [0.25, 0.3) is 0 Å². The van der Waals surface area contributed by atoms with E-state index < -0.39 is 0 Å². The summed E-state index contributed by atoms with van der Waals surface area (Å²) in [6, 6.07) is 5.73. The summed E-state index contributed by atoms with van der Waals surface area (Å²) in [5, 5.41) is 12.3. The number of anilines is 1. The molecule has 0 radical (unpaired) electrons. The monoisotopic (exact) mass is 518 g/mol. The number of thiophene rings is 1. The molecule has 3 aromatic rings. The Bertz CT molecular complexity index is 1190. The minimum atomic E-state index is -0.381. The molecule has 8 nitrogen and oxygen atoms in total. The van der Waals surface area contributed by atoms with Crippen LogP contribution in [0.1, 0.15) is 52.8 Å². The van der Waals surface area contributed by atoms with Crippen LogP contribution < -0.4 is 10.1 Å². The number of halogens is 1. The minimum Gasteiger partial charge on any atom is -0.486 e. The Morgan fingerprint density at radius 1 is 1.17 bits per heavy atom. The van der Waals surface area contributed by atoms with Gasteiger partial charge in [-0.3, -0.25) is 4.79 Å². The summed E-state index contributed by atoms with van der Waals surface area (Å²) < 4.78 is 25.7. The molecule has 186 valence electrons. The molecule has 0 aliphatic heterocycles. The molecule has 1 aliphatic carbocycles. The zero-order valence-electron chi connectivity index (χ0n) is 19.6. The maximum absolute atomic E-state index is 13.0. The lowest BCUT2D eigenvalue weighted by molar-refractivity contribution is -0.113. The highest BCUT2D eigenvalue weighted by molar-refractivity contribution is 7.99. The van der Waals surface area contributed by atoms with Crippen molar-refractivity contribution in [3.63, 3.8) is 0 Å². The van der Waals surface area contributed by atoms with Gasteiger partial charge in [0.05, 0.1) is 17.9 Å². The van der Waals surface area contributed by atoms with Crippen molar-refractivity contribution in [1.82, 2.24) is 14.8 Å². The first-order chi connectivity index (χ1) is 17.0. The normalized spacial score (nSPS) is 13.1. The van der Waals surface area contributed by atoms with E-state index in [4.69, 9.17) is 9.47 Å². The summed E-state index contributed by atoms with van der Waals surface area (Å²) in [5.74, 6) is 0.257. The number of thioether (sulfide) groups is 1. The smallest absolute Gasteiger partial charge is 0.341 e. The van der Waals surface area contributed by atoms with Crippen LogP contribution in [-0.4, -0.2) is 39.0 Å². The number of amides is 1. The first kappa shape index (κ1) is 25.2. The van der Waals surface area contributed by atoms with Crippen LogP contribution in [-0.2, 0) is 36.0 Å². The van der Waals surface area contributed by atoms with E-state index in [2.05, 4.69) is 15.5 Å². The number of aromatic nitrogens is 3. The Kier molecular flexibility index (Phi) is 8.40. The first-order valence-corrected chi connectivity index (χ1v) is 13.3. The van der Waals surface area contributed by atoms with E-state index in [1.807, 2.05) is 0 Å². The Morgan fingerprint density at radius 3 is 2.71 bits per heavy atom. The summed E-state index contributed by atoms with van der Waals surface area (Å²) >= 11 is 2.72. The van der Waals surface area contributed by atoms with E-state index in [1.54, 1.807) is 30.7 Å². The van der Waals surface area contributed by atoms with Crippen molar-refractivity contribution in [3.8, 4) is 5.75 Å². The van der Waals surface area contributed by atoms with Gasteiger partial charge >= 0.3 is 5.97 Å². The summed E-state index contributed by atoms with van der Waals surface area (Å²) in [6.45, 7) is 2.22. The second-order valence-electron chi connectivity index (χ2n) is 8.03. The van der Waals surface area contributed by atoms with Crippen molar-refractivity contribution in [3.05, 3.63) is 51.9 Å². The van der Waals surface area contributed by atoms with E-state index in [9.17, 15) is 14.0 Å². The van der Waals surface area contributed by atoms with Crippen LogP contribution in [0.3, 0.4) is 0 Å². The van der Waals surface area contributed by atoms with E-state index in [-0.39, 0.29) is 36.7 Å². The van der Waals surface area contributed by atoms with Gasteiger partial charge in [0.2, 0.25) is 5.91 Å². The molecule has 0 saturated heterocycles. The van der Waals surface area contributed by atoms with Crippen LogP contribution in [0.15, 0.2) is 29.4 Å². The average Bonchev–Trinajstić information content (AvgIpc) is 3.27. The molecular weight excluding hydrogens is 491 g/mol. The fourth-order valence-electron chi connectivity index (χ4n) is 3.82. The van der Waals surface area contributed by atoms with Crippen molar-refractivity contribution in [2.45, 2.75) is 50.8 Å². The molecule has 0 spiro atoms. The van der Waals surface area contributed by atoms with Gasteiger partial charge in [-0.05, 0) is 62.4 Å². The Balaban J connectivity index is 1.38. The van der Waals surface area contributed by atoms with Crippen molar-refractivity contribution in [2.75, 3.05) is 17.7 Å². The quantitative estimate of drug-likeness (QED) is 0.248. The van der Waals surface area contributed by atoms with E-state index in [0.29, 0.717) is 27.3 Å². The maximum atomic E-state index is 13.0. The van der Waals surface area contributed by atoms with Gasteiger partial charge in [-0.15, -0.1) is 21.5 Å². The van der Waals surface area contributed by atoms with Gasteiger partial charge in [0.1, 0.15) is 23.2 Å². The van der Waals surface area contributed by atoms with Crippen LogP contribution in [0, 0.1) is 5.82 Å². The second-order valence-corrected chi connectivity index (χ2v) is 10.1. The lowest BCUT2D eigenvalue weighted by Crippen LogP contribution is -2.17. The largest absolute Gasteiger partial charge is 0.486 e. The molecule has 35 heavy (non-hydrogen) atoms. The molecule has 1 N–H and O–H groups in total. The Hall–Kier alpha value is -2.92. The maximum Gasteiger partial charge on any atom is 0.341 e. The number of nitrogens with one attached hydrogen (secondary N) is 1. The molecule has 1 amide bonds. The average molecular weight is 519 g/mol. The lowest BCUT2D eigenvalue weighted by atomic mass is 10.1. The van der Waals surface area contributed by atoms with Gasteiger partial charge in [-0.1, -0.05) is 18.2 Å². The Labute approximate surface area is 211 Å². The fourth-order valence-corrected chi connectivity index (χ4v) is 5.84. The van der Waals surface area contributed by atoms with Crippen molar-refractivity contribution in [1.29, 1.82) is 0 Å². The summed E-state index contributed by atoms with van der Waals surface area (Å²) in [6.07, 6.45) is 4.98. The molecule has 2 aromatic heterocycles. The van der Waals surface area contributed by atoms with Crippen LogP contribution in [0.2, 0.25) is 0 Å². The van der Waals surface area contributed by atoms with Crippen LogP contribution >= 0.6 is 23.1 Å². The third-order valence-corrected chi connectivity index (χ3v) is 7.82. The van der Waals surface area contributed by atoms with Gasteiger partial charge in [0, 0.05) is 11.9 Å². The molecule has 0 unspecified atom stereocenters. The summed E-state index contributed by atoms with van der Waals surface area (Å²) in [5.41, 5.74) is 1.53. The Morgan fingerprint density at radius 2 is 1.94 bits per heavy atom. The third kappa shape index (κ3) is 6.21. The third-order valence-electron chi connectivity index (χ3n) is 5.59. The number of ether oxygens (including phenoxy) is 2. The zero-order chi connectivity index (χ0) is 24.8. The lowest BCUT2D eigenvalue weighted by Gasteiger charge is -2.09. The van der Waals surface area contributed by atoms with Gasteiger partial charge < -0.3 is 19.4 Å². The van der Waals surface area contributed by atoms with Crippen molar-refractivity contribution in [2.24, 2.45) is 7.05 Å². The van der Waals surface area contributed by atoms with E-state index in [0.717, 1.165) is 42.5 Å². The molecule has 0 fully saturated rings. The van der Waals surface area contributed by atoms with Gasteiger partial charge in [0.15, 0.2) is 11.0 Å². The van der Waals surface area contributed by atoms with E-state index >= 15 is 0 Å². The van der Waals surface area contributed by atoms with Gasteiger partial charge in [-0.25, -0.2) is 9.18 Å². The number of esters is 1. The first-order valence-electron chi connectivity index (χ1n) is 11.5. The van der Waals surface area contributed by atoms with Crippen molar-refractivity contribution >= 4 is 40.0 Å². The fraction of sp³-hybridized carbons (Fsp3) is 0.417. The SMILES string of the molecule is CCOC(=O)c1c(NC(=O)CSc2nnc(COc3ccc(F)cc3)n2C)sc2c1CCCCC2. The molecule has 0 bridgehead atoms. The zero-order valence-corrected chi connectivity index (χ0v) is 21.3. The highest BCUT2D eigenvalue weighted by atomic mass is 32.2. The highest BCUT2D eigenvalue weighted by Gasteiger charge is 2.26. The number of carbonyl (C=O) groups excluding carboxylic acids is 2. The minimum absolute atomic E-state index is 0.107. The molecule has 2 heterocycles. The molecule has 11 heteroatoms. The molecule has 0 atom stereocenters. The molecule has 4 rings (SSSR count). The number of benzene rings is 1. The number of nitrogens with zero attached hydrogens (tertiary/aromatic N) is 3. The molecular formula is C24H27FN4O4S2. The summed E-state index contributed by atoms with van der Waals surface area (Å²) in [4.78, 5) is 26.6. The predicted molar refractivity (Wildman–Crippen MR) is 133 cm³/mol. The number of hydrogen-bond donors (Lipinski definition) is 1. The number of carbonyl (C=O) groups is 2. The van der Waals surface area contributed by atoms with Crippen LogP contribution in [0.25, 0.3) is 0 Å². The summed E-state index contributed by atoms with van der Waals surface area (Å²) in [7, 11) is 1.79. The number of hydrogen-bond acceptors (Lipinski definition) is 8. The number of rotatable bonds is 9. The second kappa shape index (κ2) is 11.7. The van der Waals surface area contributed by atoms with E-state index in [1.165, 1.54) is 35.2 Å². The standard InChI is InChI=1S/C24H27FN4O4S2/c1-3-32-23(31)21-17-7-5-4-6-8-18(17)35-22(21)26-20(30)14-34-24-28-27-19(29(24)2)13-33-16-11-9-15(25)10-12-16/h9-12H,3-8,13-14H2,1-2H3,(H,26,30). The number of fused-ring (bicyclic) bond motifs is 1. The number of aryl methyl sites for hydroxylation is 1. The van der Waals surface area contributed by atoms with Crippen LogP contribution in [0.5, 0.6) is 5.75 Å². The molecule has 0 saturated carbocycles. The van der Waals surface area contributed by atoms with Gasteiger partial charge in [-0.2, -0.15) is 0 Å². The molecule has 1 aliphatic rings. The van der Waals surface area contributed by atoms with Crippen molar-refractivity contribution < 1.29 is 23.5 Å². The predicted octanol–water partition coefficient (Wildman–Crippen LogP) is 4.77. The van der Waals surface area contributed by atoms with Crippen LogP contribution in [0.4, 0.5) is 9.39 Å². The molecule has 1 aromatic carbocycles. The topological polar surface area (TPSA) is 95.3 Å².